The molecular formula is C14H18N4O2S. The number of nitrogens with zero attached hydrogens (tertiary/aromatic N) is 3. The average Bonchev–Trinajstić information content (AvgIpc) is 2.92. The summed E-state index contributed by atoms with van der Waals surface area (Å²) in [5, 5.41) is 7.39. The van der Waals surface area contributed by atoms with Crippen LogP contribution in [0.15, 0.2) is 6.07 Å². The molecule has 0 aliphatic rings. The number of carbonyl (C=O) groups excluding carboxylic acids is 2. The molecule has 2 aromatic heterocycles. The van der Waals surface area contributed by atoms with Gasteiger partial charge in [0, 0.05) is 18.7 Å². The maximum atomic E-state index is 12.2. The lowest BCUT2D eigenvalue weighted by Gasteiger charge is -2.06. The van der Waals surface area contributed by atoms with E-state index in [9.17, 15) is 9.59 Å². The van der Waals surface area contributed by atoms with E-state index >= 15 is 0 Å². The molecule has 0 unspecified atom stereocenters. The van der Waals surface area contributed by atoms with Crippen LogP contribution in [0.25, 0.3) is 0 Å². The Labute approximate surface area is 127 Å². The fraction of sp³-hybridized carbons (Fsp3) is 0.429. The third-order valence-electron chi connectivity index (χ3n) is 2.98. The molecule has 6 nitrogen and oxygen atoms in total. The molecule has 0 aliphatic heterocycles. The van der Waals surface area contributed by atoms with Crippen molar-refractivity contribution < 1.29 is 9.59 Å². The Morgan fingerprint density at radius 2 is 2.00 bits per heavy atom. The van der Waals surface area contributed by atoms with Crippen LogP contribution < -0.4 is 5.32 Å². The molecule has 7 heteroatoms. The van der Waals surface area contributed by atoms with Gasteiger partial charge in [0.2, 0.25) is 0 Å². The highest BCUT2D eigenvalue weighted by Gasteiger charge is 2.17. The summed E-state index contributed by atoms with van der Waals surface area (Å²) in [6, 6.07) is 1.93. The van der Waals surface area contributed by atoms with E-state index < -0.39 is 0 Å². The molecular weight excluding hydrogens is 288 g/mol. The molecule has 0 radical (unpaired) electrons. The second kappa shape index (κ2) is 5.77. The molecule has 0 aromatic carbocycles. The lowest BCUT2D eigenvalue weighted by atomic mass is 10.3. The van der Waals surface area contributed by atoms with Gasteiger partial charge in [-0.25, -0.2) is 4.98 Å². The van der Waals surface area contributed by atoms with Gasteiger partial charge in [0.25, 0.3) is 5.91 Å². The molecule has 21 heavy (non-hydrogen) atoms. The lowest BCUT2D eigenvalue weighted by molar-refractivity contribution is 0.101. The molecule has 1 N–H and O–H groups in total. The lowest BCUT2D eigenvalue weighted by Crippen LogP contribution is -2.13. The van der Waals surface area contributed by atoms with Gasteiger partial charge in [0.1, 0.15) is 0 Å². The second-order valence-electron chi connectivity index (χ2n) is 5.15. The van der Waals surface area contributed by atoms with E-state index in [0.29, 0.717) is 21.4 Å². The Balaban J connectivity index is 2.20. The van der Waals surface area contributed by atoms with Gasteiger partial charge in [-0.1, -0.05) is 11.3 Å². The predicted octanol–water partition coefficient (Wildman–Crippen LogP) is 2.99. The first-order chi connectivity index (χ1) is 9.79. The van der Waals surface area contributed by atoms with E-state index in [4.69, 9.17) is 0 Å². The molecule has 112 valence electrons. The van der Waals surface area contributed by atoms with Gasteiger partial charge in [0.05, 0.1) is 10.6 Å². The summed E-state index contributed by atoms with van der Waals surface area (Å²) in [7, 11) is 0. The number of carbonyl (C=O) groups is 2. The highest BCUT2D eigenvalue weighted by molar-refractivity contribution is 7.17. The van der Waals surface area contributed by atoms with Gasteiger partial charge in [-0.3, -0.25) is 19.6 Å². The van der Waals surface area contributed by atoms with E-state index in [1.54, 1.807) is 17.7 Å². The number of aryl methyl sites for hydroxylation is 2. The van der Waals surface area contributed by atoms with Crippen LogP contribution in [0.3, 0.4) is 0 Å². The van der Waals surface area contributed by atoms with Crippen molar-refractivity contribution in [3.63, 3.8) is 0 Å². The zero-order chi connectivity index (χ0) is 15.7. The number of aromatic nitrogens is 3. The van der Waals surface area contributed by atoms with Crippen LogP contribution in [0, 0.1) is 13.8 Å². The van der Waals surface area contributed by atoms with Crippen molar-refractivity contribution in [3.05, 3.63) is 28.0 Å². The Morgan fingerprint density at radius 3 is 2.48 bits per heavy atom. The molecule has 0 atom stereocenters. The number of hydrogen-bond donors (Lipinski definition) is 1. The van der Waals surface area contributed by atoms with Crippen molar-refractivity contribution >= 4 is 28.2 Å². The maximum absolute atomic E-state index is 12.2. The van der Waals surface area contributed by atoms with Crippen molar-refractivity contribution in [2.24, 2.45) is 0 Å². The maximum Gasteiger partial charge on any atom is 0.277 e. The first-order valence-electron chi connectivity index (χ1n) is 6.65. The molecule has 2 aromatic rings. The molecule has 0 saturated heterocycles. The van der Waals surface area contributed by atoms with E-state index in [1.165, 1.54) is 18.3 Å². The number of hydrogen-bond acceptors (Lipinski definition) is 5. The largest absolute Gasteiger partial charge is 0.296 e. The number of ketones is 1. The van der Waals surface area contributed by atoms with Gasteiger partial charge in [-0.15, -0.1) is 0 Å². The molecule has 0 saturated carbocycles. The van der Waals surface area contributed by atoms with Crippen LogP contribution in [-0.4, -0.2) is 26.5 Å². The van der Waals surface area contributed by atoms with E-state index in [1.807, 2.05) is 20.8 Å². The summed E-state index contributed by atoms with van der Waals surface area (Å²) in [4.78, 5) is 28.3. The minimum Gasteiger partial charge on any atom is -0.296 e. The van der Waals surface area contributed by atoms with Gasteiger partial charge < -0.3 is 0 Å². The molecule has 1 amide bonds. The van der Waals surface area contributed by atoms with Gasteiger partial charge in [-0.2, -0.15) is 5.10 Å². The fourth-order valence-electron chi connectivity index (χ4n) is 2.06. The van der Waals surface area contributed by atoms with Crippen molar-refractivity contribution in [2.75, 3.05) is 5.32 Å². The van der Waals surface area contributed by atoms with Crippen molar-refractivity contribution in [1.82, 2.24) is 14.8 Å². The van der Waals surface area contributed by atoms with E-state index in [0.717, 1.165) is 5.69 Å². The minimum atomic E-state index is -0.318. The Bertz CT molecular complexity index is 700. The van der Waals surface area contributed by atoms with Crippen LogP contribution in [0.5, 0.6) is 0 Å². The average molecular weight is 306 g/mol. The molecule has 0 aliphatic carbocycles. The number of Topliss-reactive ketones (excluding diaryl/α,β-unsaturated/α-hetero) is 1. The Kier molecular flexibility index (Phi) is 4.22. The summed E-state index contributed by atoms with van der Waals surface area (Å²) < 4.78 is 1.79. The van der Waals surface area contributed by atoms with Crippen LogP contribution in [-0.2, 0) is 0 Å². The number of anilines is 1. The third kappa shape index (κ3) is 3.18. The van der Waals surface area contributed by atoms with Crippen molar-refractivity contribution in [2.45, 2.75) is 40.7 Å². The summed E-state index contributed by atoms with van der Waals surface area (Å²) in [5.41, 5.74) is 1.90. The van der Waals surface area contributed by atoms with Crippen molar-refractivity contribution in [1.29, 1.82) is 0 Å². The van der Waals surface area contributed by atoms with Gasteiger partial charge >= 0.3 is 0 Å². The number of amides is 1. The molecule has 0 spiro atoms. The molecule has 0 bridgehead atoms. The smallest absolute Gasteiger partial charge is 0.277 e. The predicted molar refractivity (Wildman–Crippen MR) is 82.2 cm³/mol. The minimum absolute atomic E-state index is 0.0505. The number of nitrogens with one attached hydrogen (secondary N) is 1. The second-order valence-corrected chi connectivity index (χ2v) is 6.15. The Hall–Kier alpha value is -2.02. The zero-order valence-corrected chi connectivity index (χ0v) is 13.5. The first kappa shape index (κ1) is 15.4. The summed E-state index contributed by atoms with van der Waals surface area (Å²) in [5.74, 6) is -0.369. The summed E-state index contributed by atoms with van der Waals surface area (Å²) in [6.07, 6.45) is 0. The Morgan fingerprint density at radius 1 is 1.33 bits per heavy atom. The summed E-state index contributed by atoms with van der Waals surface area (Å²) >= 11 is 1.18. The highest BCUT2D eigenvalue weighted by Crippen LogP contribution is 2.23. The summed E-state index contributed by atoms with van der Waals surface area (Å²) in [6.45, 7) is 9.15. The number of thiazole rings is 1. The molecule has 0 fully saturated rings. The molecule has 2 heterocycles. The topological polar surface area (TPSA) is 76.9 Å². The molecule has 2 rings (SSSR count). The zero-order valence-electron chi connectivity index (χ0n) is 12.7. The SMILES string of the molecule is CC(=O)c1sc(NC(=O)c2cc(C)n(C(C)C)n2)nc1C. The highest BCUT2D eigenvalue weighted by atomic mass is 32.1. The van der Waals surface area contributed by atoms with Gasteiger partial charge in [-0.05, 0) is 33.8 Å². The normalized spacial score (nSPS) is 11.0. The van der Waals surface area contributed by atoms with E-state index in [-0.39, 0.29) is 17.7 Å². The van der Waals surface area contributed by atoms with Crippen LogP contribution in [0.1, 0.15) is 58.4 Å². The van der Waals surface area contributed by atoms with Crippen LogP contribution in [0.2, 0.25) is 0 Å². The van der Waals surface area contributed by atoms with Gasteiger partial charge in [0.15, 0.2) is 16.6 Å². The van der Waals surface area contributed by atoms with E-state index in [2.05, 4.69) is 15.4 Å². The van der Waals surface area contributed by atoms with Crippen LogP contribution >= 0.6 is 11.3 Å². The van der Waals surface area contributed by atoms with Crippen LogP contribution in [0.4, 0.5) is 5.13 Å². The third-order valence-corrected chi connectivity index (χ3v) is 4.15. The fourth-order valence-corrected chi connectivity index (χ4v) is 2.92. The number of rotatable bonds is 4. The quantitative estimate of drug-likeness (QED) is 0.881. The van der Waals surface area contributed by atoms with Crippen molar-refractivity contribution in [3.8, 4) is 0 Å². The monoisotopic (exact) mass is 306 g/mol. The first-order valence-corrected chi connectivity index (χ1v) is 7.47. The standard InChI is InChI=1S/C14H18N4O2S/c1-7(2)18-8(3)6-11(17-18)13(20)16-14-15-9(4)12(21-14)10(5)19/h6-7H,1-5H3,(H,15,16,20).